The van der Waals surface area contributed by atoms with E-state index < -0.39 is 0 Å². The number of aliphatic hydroxyl groups is 1. The largest absolute Gasteiger partial charge is 0.488 e. The summed E-state index contributed by atoms with van der Waals surface area (Å²) in [5.41, 5.74) is 10.3. The van der Waals surface area contributed by atoms with Gasteiger partial charge in [-0.1, -0.05) is 67.1 Å². The van der Waals surface area contributed by atoms with Crippen molar-refractivity contribution in [1.29, 1.82) is 5.26 Å². The minimum Gasteiger partial charge on any atom is -0.488 e. The molecule has 5 nitrogen and oxygen atoms in total. The van der Waals surface area contributed by atoms with Crippen LogP contribution in [-0.2, 0) is 32.6 Å². The third kappa shape index (κ3) is 6.46. The van der Waals surface area contributed by atoms with Crippen LogP contribution in [0.4, 0.5) is 0 Å². The van der Waals surface area contributed by atoms with E-state index >= 15 is 0 Å². The number of hydrogen-bond acceptors (Lipinski definition) is 5. The lowest BCUT2D eigenvalue weighted by Crippen LogP contribution is -2.41. The summed E-state index contributed by atoms with van der Waals surface area (Å²) < 4.78 is 13.2. The number of nitriles is 1. The molecular formula is C38H40N2O3. The summed E-state index contributed by atoms with van der Waals surface area (Å²) in [6, 6.07) is 29.1. The third-order valence-electron chi connectivity index (χ3n) is 9.12. The van der Waals surface area contributed by atoms with E-state index in [2.05, 4.69) is 66.4 Å². The number of rotatable bonds is 10. The van der Waals surface area contributed by atoms with E-state index in [9.17, 15) is 10.4 Å². The van der Waals surface area contributed by atoms with Crippen LogP contribution in [0.15, 0.2) is 78.9 Å². The van der Waals surface area contributed by atoms with Gasteiger partial charge in [-0.15, -0.1) is 0 Å². The molecule has 0 radical (unpaired) electrons. The second-order valence-electron chi connectivity index (χ2n) is 11.8. The van der Waals surface area contributed by atoms with E-state index in [0.29, 0.717) is 18.8 Å². The monoisotopic (exact) mass is 572 g/mol. The van der Waals surface area contributed by atoms with Gasteiger partial charge in [0.05, 0.1) is 18.2 Å². The van der Waals surface area contributed by atoms with Crippen LogP contribution in [0.2, 0.25) is 0 Å². The molecule has 0 bridgehead atoms. The average molecular weight is 573 g/mol. The Labute approximate surface area is 255 Å². The Morgan fingerprint density at radius 3 is 2.51 bits per heavy atom. The summed E-state index contributed by atoms with van der Waals surface area (Å²) in [5.74, 6) is 1.74. The van der Waals surface area contributed by atoms with Gasteiger partial charge in [-0.05, 0) is 96.6 Å². The van der Waals surface area contributed by atoms with Crippen LogP contribution in [0.25, 0.3) is 11.1 Å². The Hall–Kier alpha value is -4.11. The summed E-state index contributed by atoms with van der Waals surface area (Å²) >= 11 is 0. The fourth-order valence-electron chi connectivity index (χ4n) is 6.72. The SMILES string of the molecule is Cc1c(COc2cc(OCc3cccc(C#N)c3)c(CN3CCCC[C@H]3CO)c3c2CCC3)cccc1-c1ccccc1. The summed E-state index contributed by atoms with van der Waals surface area (Å²) in [4.78, 5) is 2.43. The molecule has 220 valence electrons. The number of nitrogens with zero attached hydrogens (tertiary/aromatic N) is 2. The van der Waals surface area contributed by atoms with Crippen LogP contribution in [0, 0.1) is 18.3 Å². The van der Waals surface area contributed by atoms with Gasteiger partial charge in [0.1, 0.15) is 24.7 Å². The summed E-state index contributed by atoms with van der Waals surface area (Å²) in [5, 5.41) is 19.5. The fourth-order valence-corrected chi connectivity index (χ4v) is 6.72. The minimum absolute atomic E-state index is 0.182. The van der Waals surface area contributed by atoms with Crippen molar-refractivity contribution in [3.05, 3.63) is 118 Å². The molecule has 0 saturated carbocycles. The topological polar surface area (TPSA) is 65.7 Å². The zero-order chi connectivity index (χ0) is 29.6. The average Bonchev–Trinajstić information content (AvgIpc) is 3.55. The van der Waals surface area contributed by atoms with Gasteiger partial charge in [-0.25, -0.2) is 0 Å². The summed E-state index contributed by atoms with van der Waals surface area (Å²) in [7, 11) is 0. The quantitative estimate of drug-likeness (QED) is 0.213. The lowest BCUT2D eigenvalue weighted by molar-refractivity contribution is 0.0828. The maximum absolute atomic E-state index is 10.1. The normalized spacial score (nSPS) is 16.4. The maximum atomic E-state index is 10.1. The van der Waals surface area contributed by atoms with Crippen LogP contribution in [0.1, 0.15) is 64.6 Å². The first-order valence-corrected chi connectivity index (χ1v) is 15.6. The second-order valence-corrected chi connectivity index (χ2v) is 11.8. The van der Waals surface area contributed by atoms with Crippen molar-refractivity contribution >= 4 is 0 Å². The first-order valence-electron chi connectivity index (χ1n) is 15.6. The van der Waals surface area contributed by atoms with Crippen LogP contribution >= 0.6 is 0 Å². The first kappa shape index (κ1) is 29.0. The molecule has 2 aliphatic rings. The molecule has 0 aromatic heterocycles. The van der Waals surface area contributed by atoms with Crippen LogP contribution in [0.3, 0.4) is 0 Å². The molecule has 43 heavy (non-hydrogen) atoms. The molecule has 4 aromatic rings. The molecule has 6 rings (SSSR count). The number of piperidine rings is 1. The smallest absolute Gasteiger partial charge is 0.128 e. The predicted molar refractivity (Wildman–Crippen MR) is 170 cm³/mol. The lowest BCUT2D eigenvalue weighted by Gasteiger charge is -2.35. The summed E-state index contributed by atoms with van der Waals surface area (Å²) in [6.45, 7) is 4.97. The summed E-state index contributed by atoms with van der Waals surface area (Å²) in [6.07, 6.45) is 6.43. The van der Waals surface area contributed by atoms with Crippen LogP contribution < -0.4 is 9.47 Å². The van der Waals surface area contributed by atoms with Crippen LogP contribution in [-0.4, -0.2) is 29.2 Å². The van der Waals surface area contributed by atoms with Gasteiger partial charge in [0.25, 0.3) is 0 Å². The van der Waals surface area contributed by atoms with Crippen molar-refractivity contribution in [2.45, 2.75) is 71.2 Å². The fraction of sp³-hybridized carbons (Fsp3) is 0.342. The number of likely N-dealkylation sites (tertiary alicyclic amines) is 1. The Balaban J connectivity index is 1.32. The van der Waals surface area contributed by atoms with E-state index in [1.165, 1.54) is 38.9 Å². The van der Waals surface area contributed by atoms with Crippen molar-refractivity contribution in [2.24, 2.45) is 0 Å². The maximum Gasteiger partial charge on any atom is 0.128 e. The number of aliphatic hydroxyl groups excluding tert-OH is 1. The molecule has 0 amide bonds. The van der Waals surface area contributed by atoms with Gasteiger partial charge >= 0.3 is 0 Å². The zero-order valence-electron chi connectivity index (χ0n) is 25.0. The molecule has 5 heteroatoms. The third-order valence-corrected chi connectivity index (χ3v) is 9.12. The molecule has 0 unspecified atom stereocenters. The van der Waals surface area contributed by atoms with E-state index in [-0.39, 0.29) is 12.6 Å². The van der Waals surface area contributed by atoms with Crippen molar-refractivity contribution in [3.8, 4) is 28.7 Å². The molecule has 1 heterocycles. The van der Waals surface area contributed by atoms with E-state index in [1.54, 1.807) is 0 Å². The molecule has 0 spiro atoms. The highest BCUT2D eigenvalue weighted by atomic mass is 16.5. The molecular weight excluding hydrogens is 532 g/mol. The molecule has 1 N–H and O–H groups in total. The predicted octanol–water partition coefficient (Wildman–Crippen LogP) is 7.53. The number of hydrogen-bond donors (Lipinski definition) is 1. The lowest BCUT2D eigenvalue weighted by atomic mass is 9.96. The number of fused-ring (bicyclic) bond motifs is 1. The first-order chi connectivity index (χ1) is 21.1. The van der Waals surface area contributed by atoms with Gasteiger partial charge in [-0.2, -0.15) is 5.26 Å². The second kappa shape index (κ2) is 13.5. The number of benzene rings is 4. The molecule has 1 aliphatic carbocycles. The van der Waals surface area contributed by atoms with Crippen LogP contribution in [0.5, 0.6) is 11.5 Å². The van der Waals surface area contributed by atoms with Crippen molar-refractivity contribution in [1.82, 2.24) is 4.90 Å². The highest BCUT2D eigenvalue weighted by Gasteiger charge is 2.28. The number of ether oxygens (including phenoxy) is 2. The van der Waals surface area contributed by atoms with Crippen molar-refractivity contribution in [3.63, 3.8) is 0 Å². The Morgan fingerprint density at radius 2 is 1.67 bits per heavy atom. The molecule has 1 fully saturated rings. The Bertz CT molecular complexity index is 1610. The van der Waals surface area contributed by atoms with Crippen molar-refractivity contribution in [2.75, 3.05) is 13.2 Å². The van der Waals surface area contributed by atoms with E-state index in [1.807, 2.05) is 30.3 Å². The van der Waals surface area contributed by atoms with Gasteiger partial charge in [0.2, 0.25) is 0 Å². The Kier molecular flexibility index (Phi) is 9.07. The van der Waals surface area contributed by atoms with Gasteiger partial charge in [0.15, 0.2) is 0 Å². The van der Waals surface area contributed by atoms with Crippen molar-refractivity contribution < 1.29 is 14.6 Å². The van der Waals surface area contributed by atoms with Gasteiger partial charge in [-0.3, -0.25) is 4.90 Å². The zero-order valence-corrected chi connectivity index (χ0v) is 25.0. The molecule has 1 aliphatic heterocycles. The van der Waals surface area contributed by atoms with Gasteiger partial charge < -0.3 is 14.6 Å². The molecule has 1 atom stereocenters. The van der Waals surface area contributed by atoms with Gasteiger partial charge in [0, 0.05) is 24.2 Å². The highest BCUT2D eigenvalue weighted by Crippen LogP contribution is 2.41. The van der Waals surface area contributed by atoms with E-state index in [0.717, 1.165) is 68.7 Å². The van der Waals surface area contributed by atoms with E-state index in [4.69, 9.17) is 9.47 Å². The Morgan fingerprint density at radius 1 is 0.860 bits per heavy atom. The minimum atomic E-state index is 0.182. The highest BCUT2D eigenvalue weighted by molar-refractivity contribution is 5.68. The molecule has 1 saturated heterocycles. The molecule has 4 aromatic carbocycles. The standard InChI is InChI=1S/C38H40N2O3/c1-27-31(14-8-16-33(27)30-12-3-2-4-13-30)26-43-37-21-38(42-25-29-11-7-10-28(20-29)22-39)36(34-17-9-18-35(34)37)23-40-19-6-5-15-32(40)24-41/h2-4,7-8,10-14,16,20-21,32,41H,5-6,9,15,17-19,23-26H2,1H3/t32-/m0/s1.